The van der Waals surface area contributed by atoms with Gasteiger partial charge in [0.2, 0.25) is 0 Å². The predicted octanol–water partition coefficient (Wildman–Crippen LogP) is 12.1. The Labute approximate surface area is 275 Å². The molecule has 6 aromatic carbocycles. The van der Waals surface area contributed by atoms with Crippen molar-refractivity contribution in [3.63, 3.8) is 0 Å². The molecule has 0 radical (unpaired) electrons. The Kier molecular flexibility index (Phi) is 10.4. The number of ether oxygens (including phenoxy) is 2. The molecule has 0 saturated carbocycles. The van der Waals surface area contributed by atoms with Crippen LogP contribution in [0, 0.1) is 27.7 Å². The van der Waals surface area contributed by atoms with Gasteiger partial charge >= 0.3 is 0 Å². The summed E-state index contributed by atoms with van der Waals surface area (Å²) in [5, 5.41) is 0. The summed E-state index contributed by atoms with van der Waals surface area (Å²) in [5.74, 6) is 3.37. The molecule has 0 bridgehead atoms. The van der Waals surface area contributed by atoms with Crippen LogP contribution in [0.2, 0.25) is 0 Å². The van der Waals surface area contributed by atoms with Crippen molar-refractivity contribution in [2.75, 3.05) is 0 Å². The fraction of sp³-hybridized carbons (Fsp3) is 0.182. The first kappa shape index (κ1) is 32.3. The van der Waals surface area contributed by atoms with Crippen molar-refractivity contribution in [3.05, 3.63) is 190 Å². The van der Waals surface area contributed by atoms with E-state index in [0.717, 1.165) is 29.4 Å². The molecule has 46 heavy (non-hydrogen) atoms. The summed E-state index contributed by atoms with van der Waals surface area (Å²) in [4.78, 5) is 0. The lowest BCUT2D eigenvalue weighted by Gasteiger charge is -2.26. The van der Waals surface area contributed by atoms with Gasteiger partial charge < -0.3 is 9.47 Å². The van der Waals surface area contributed by atoms with E-state index in [4.69, 9.17) is 9.47 Å². The van der Waals surface area contributed by atoms with Gasteiger partial charge in [-0.3, -0.25) is 0 Å². The molecule has 0 atom stereocenters. The van der Waals surface area contributed by atoms with Crippen LogP contribution in [0.1, 0.15) is 58.4 Å². The molecule has 0 N–H and O–H groups in total. The number of hydrogen-bond donors (Lipinski definition) is 0. The molecule has 0 aliphatic heterocycles. The van der Waals surface area contributed by atoms with E-state index >= 15 is 0 Å². The van der Waals surface area contributed by atoms with Crippen molar-refractivity contribution >= 4 is 0 Å². The smallest absolute Gasteiger partial charge is 0.127 e. The highest BCUT2D eigenvalue weighted by Gasteiger charge is 2.23. The van der Waals surface area contributed by atoms with Gasteiger partial charge in [0, 0.05) is 5.41 Å². The van der Waals surface area contributed by atoms with Crippen LogP contribution in [0.25, 0.3) is 0 Å². The molecule has 6 rings (SSSR count). The molecular weight excluding hydrogens is 560 g/mol. The summed E-state index contributed by atoms with van der Waals surface area (Å²) in [6.45, 7) is 12.9. The molecule has 0 aromatic heterocycles. The standard InChI is InChI=1S/C29H28O2.C15H16/c1-21-5-13-25(14-6-21)30-27-17-9-23(10-18-27)29(3,4)24-11-19-28(20-12-24)31-26-15-7-22(2)8-16-26;1-12-3-7-14(8-4-12)11-15-9-5-13(2)6-10-15/h5-20H,1-4H3;3-10H,11H2,1-2H3. The highest BCUT2D eigenvalue weighted by molar-refractivity contribution is 5.44. The van der Waals surface area contributed by atoms with Gasteiger partial charge in [0.05, 0.1) is 0 Å². The Bertz CT molecular complexity index is 1660. The number of benzene rings is 6. The topological polar surface area (TPSA) is 18.5 Å². The van der Waals surface area contributed by atoms with E-state index in [-0.39, 0.29) is 5.41 Å². The number of aryl methyl sites for hydroxylation is 4. The summed E-state index contributed by atoms with van der Waals surface area (Å²) < 4.78 is 11.9. The minimum atomic E-state index is -0.134. The third-order valence-corrected chi connectivity index (χ3v) is 8.31. The molecule has 0 aliphatic rings. The predicted molar refractivity (Wildman–Crippen MR) is 193 cm³/mol. The summed E-state index contributed by atoms with van der Waals surface area (Å²) in [6.07, 6.45) is 1.03. The fourth-order valence-corrected chi connectivity index (χ4v) is 5.18. The highest BCUT2D eigenvalue weighted by atomic mass is 16.5. The van der Waals surface area contributed by atoms with E-state index in [0.29, 0.717) is 0 Å². The van der Waals surface area contributed by atoms with Crippen LogP contribution in [0.4, 0.5) is 0 Å². The Hall–Kier alpha value is -5.08. The van der Waals surface area contributed by atoms with Crippen LogP contribution in [0.3, 0.4) is 0 Å². The van der Waals surface area contributed by atoms with E-state index in [1.54, 1.807) is 0 Å². The minimum absolute atomic E-state index is 0.134. The molecule has 2 heteroatoms. The summed E-state index contributed by atoms with van der Waals surface area (Å²) in [5.41, 5.74) is 10.2. The van der Waals surface area contributed by atoms with Crippen molar-refractivity contribution < 1.29 is 9.47 Å². The second-order valence-electron chi connectivity index (χ2n) is 12.7. The largest absolute Gasteiger partial charge is 0.457 e. The van der Waals surface area contributed by atoms with Crippen molar-refractivity contribution in [2.24, 2.45) is 0 Å². The SMILES string of the molecule is Cc1ccc(Cc2ccc(C)cc2)cc1.Cc1ccc(Oc2ccc(C(C)(C)c3ccc(Oc4ccc(C)cc4)cc3)cc2)cc1. The Morgan fingerprint density at radius 1 is 0.348 bits per heavy atom. The molecule has 0 aliphatic carbocycles. The van der Waals surface area contributed by atoms with Gasteiger partial charge in [-0.1, -0.05) is 133 Å². The Balaban J connectivity index is 0.000000232. The first-order chi connectivity index (χ1) is 22.1. The molecule has 0 amide bonds. The Morgan fingerprint density at radius 2 is 0.587 bits per heavy atom. The number of hydrogen-bond acceptors (Lipinski definition) is 2. The van der Waals surface area contributed by atoms with E-state index in [1.165, 1.54) is 44.5 Å². The van der Waals surface area contributed by atoms with Crippen molar-refractivity contribution in [1.82, 2.24) is 0 Å². The van der Waals surface area contributed by atoms with Crippen molar-refractivity contribution in [3.8, 4) is 23.0 Å². The van der Waals surface area contributed by atoms with Crippen LogP contribution in [0.15, 0.2) is 146 Å². The summed E-state index contributed by atoms with van der Waals surface area (Å²) in [6, 6.07) is 50.4. The van der Waals surface area contributed by atoms with Crippen molar-refractivity contribution in [1.29, 1.82) is 0 Å². The zero-order valence-electron chi connectivity index (χ0n) is 27.9. The quantitative estimate of drug-likeness (QED) is 0.172. The van der Waals surface area contributed by atoms with Crippen LogP contribution >= 0.6 is 0 Å². The molecular formula is C44H44O2. The first-order valence-corrected chi connectivity index (χ1v) is 16.0. The molecule has 0 saturated heterocycles. The van der Waals surface area contributed by atoms with Crippen LogP contribution in [0.5, 0.6) is 23.0 Å². The third kappa shape index (κ3) is 8.99. The van der Waals surface area contributed by atoms with E-state index < -0.39 is 0 Å². The molecule has 2 nitrogen and oxygen atoms in total. The Morgan fingerprint density at radius 3 is 0.870 bits per heavy atom. The van der Waals surface area contributed by atoms with Crippen LogP contribution in [-0.2, 0) is 11.8 Å². The average Bonchev–Trinajstić information content (AvgIpc) is 3.06. The number of rotatable bonds is 8. The lowest BCUT2D eigenvalue weighted by atomic mass is 9.78. The minimum Gasteiger partial charge on any atom is -0.457 e. The molecule has 0 spiro atoms. The normalized spacial score (nSPS) is 10.9. The van der Waals surface area contributed by atoms with Crippen LogP contribution in [-0.4, -0.2) is 0 Å². The van der Waals surface area contributed by atoms with Gasteiger partial charge in [0.1, 0.15) is 23.0 Å². The molecule has 0 heterocycles. The van der Waals surface area contributed by atoms with E-state index in [2.05, 4.69) is 139 Å². The van der Waals surface area contributed by atoms with E-state index in [1.807, 2.05) is 48.5 Å². The van der Waals surface area contributed by atoms with Gasteiger partial charge in [-0.25, -0.2) is 0 Å². The molecule has 6 aromatic rings. The molecule has 232 valence electrons. The average molecular weight is 605 g/mol. The summed E-state index contributed by atoms with van der Waals surface area (Å²) >= 11 is 0. The first-order valence-electron chi connectivity index (χ1n) is 16.0. The lowest BCUT2D eigenvalue weighted by molar-refractivity contribution is 0.481. The molecule has 0 fully saturated rings. The van der Waals surface area contributed by atoms with Crippen LogP contribution < -0.4 is 9.47 Å². The maximum Gasteiger partial charge on any atom is 0.127 e. The van der Waals surface area contributed by atoms with Crippen molar-refractivity contribution in [2.45, 2.75) is 53.4 Å². The zero-order valence-corrected chi connectivity index (χ0v) is 27.9. The van der Waals surface area contributed by atoms with Gasteiger partial charge in [-0.05, 0) is 105 Å². The van der Waals surface area contributed by atoms with Gasteiger partial charge in [0.25, 0.3) is 0 Å². The molecule has 0 unspecified atom stereocenters. The van der Waals surface area contributed by atoms with Gasteiger partial charge in [-0.15, -0.1) is 0 Å². The lowest BCUT2D eigenvalue weighted by Crippen LogP contribution is -2.18. The second kappa shape index (κ2) is 14.8. The highest BCUT2D eigenvalue weighted by Crippen LogP contribution is 2.34. The monoisotopic (exact) mass is 604 g/mol. The second-order valence-corrected chi connectivity index (χ2v) is 12.7. The van der Waals surface area contributed by atoms with Gasteiger partial charge in [-0.2, -0.15) is 0 Å². The van der Waals surface area contributed by atoms with E-state index in [9.17, 15) is 0 Å². The fourth-order valence-electron chi connectivity index (χ4n) is 5.18. The summed E-state index contributed by atoms with van der Waals surface area (Å²) in [7, 11) is 0. The maximum atomic E-state index is 5.97. The van der Waals surface area contributed by atoms with Gasteiger partial charge in [0.15, 0.2) is 0 Å². The zero-order chi connectivity index (χ0) is 32.5. The third-order valence-electron chi connectivity index (χ3n) is 8.31. The maximum absolute atomic E-state index is 5.97.